The van der Waals surface area contributed by atoms with Crippen molar-refractivity contribution in [1.29, 1.82) is 0 Å². The van der Waals surface area contributed by atoms with E-state index in [1.807, 2.05) is 30.3 Å². The van der Waals surface area contributed by atoms with Crippen molar-refractivity contribution in [2.75, 3.05) is 13.2 Å². The SMILES string of the molecule is CC(C)[C@H](C(=O)OCCOCn1c(C(=O)OCc2ccccc2)cc2occc21)N1C(=O)c2ccccc2C1=O. The van der Waals surface area contributed by atoms with Crippen LogP contribution in [-0.2, 0) is 32.3 Å². The van der Waals surface area contributed by atoms with E-state index in [2.05, 4.69) is 0 Å². The Kier molecular flexibility index (Phi) is 7.79. The Labute approximate surface area is 230 Å². The van der Waals surface area contributed by atoms with Crippen molar-refractivity contribution in [3.63, 3.8) is 0 Å². The van der Waals surface area contributed by atoms with Gasteiger partial charge >= 0.3 is 11.9 Å². The maximum atomic E-state index is 13.0. The van der Waals surface area contributed by atoms with Crippen molar-refractivity contribution in [2.45, 2.75) is 33.2 Å². The summed E-state index contributed by atoms with van der Waals surface area (Å²) in [5.41, 5.74) is 2.80. The van der Waals surface area contributed by atoms with Crippen molar-refractivity contribution >= 4 is 34.9 Å². The predicted molar refractivity (Wildman–Crippen MR) is 142 cm³/mol. The molecule has 206 valence electrons. The van der Waals surface area contributed by atoms with Gasteiger partial charge in [-0.15, -0.1) is 0 Å². The Morgan fingerprint density at radius 2 is 1.55 bits per heavy atom. The Hall–Kier alpha value is -4.70. The number of carbonyl (C=O) groups is 4. The number of amides is 2. The van der Waals surface area contributed by atoms with Crippen molar-refractivity contribution in [2.24, 2.45) is 5.92 Å². The molecule has 0 bridgehead atoms. The lowest BCUT2D eigenvalue weighted by atomic mass is 10.0. The number of fused-ring (bicyclic) bond motifs is 2. The second-order valence-corrected chi connectivity index (χ2v) is 9.61. The van der Waals surface area contributed by atoms with Crippen LogP contribution in [0.25, 0.3) is 11.1 Å². The number of imide groups is 1. The standard InChI is InChI=1S/C30H28N2O8/c1-19(2)26(32-27(33)21-10-6-7-11-22(21)28(32)34)30(36)39-15-14-37-18-31-23-12-13-38-25(23)16-24(31)29(35)40-17-20-8-4-3-5-9-20/h3-13,16,19,26H,14-15,17-18H2,1-2H3/t26-/m1/s1. The van der Waals surface area contributed by atoms with E-state index in [9.17, 15) is 19.2 Å². The molecule has 0 N–H and O–H groups in total. The van der Waals surface area contributed by atoms with Crippen molar-refractivity contribution in [3.05, 3.63) is 95.4 Å². The molecule has 0 aliphatic carbocycles. The van der Waals surface area contributed by atoms with E-state index >= 15 is 0 Å². The first-order valence-electron chi connectivity index (χ1n) is 12.9. The summed E-state index contributed by atoms with van der Waals surface area (Å²) in [5, 5.41) is 0. The summed E-state index contributed by atoms with van der Waals surface area (Å²) in [6.07, 6.45) is 1.51. The number of ether oxygens (including phenoxy) is 3. The van der Waals surface area contributed by atoms with Crippen LogP contribution in [0.4, 0.5) is 0 Å². The average Bonchev–Trinajstić information content (AvgIpc) is 3.62. The van der Waals surface area contributed by atoms with E-state index in [4.69, 9.17) is 18.6 Å². The third-order valence-corrected chi connectivity index (χ3v) is 6.61. The summed E-state index contributed by atoms with van der Waals surface area (Å²) >= 11 is 0. The second-order valence-electron chi connectivity index (χ2n) is 9.61. The smallest absolute Gasteiger partial charge is 0.355 e. The topological polar surface area (TPSA) is 117 Å². The summed E-state index contributed by atoms with van der Waals surface area (Å²) in [4.78, 5) is 52.5. The Bertz CT molecular complexity index is 1520. The van der Waals surface area contributed by atoms with Crippen LogP contribution >= 0.6 is 0 Å². The molecule has 0 unspecified atom stereocenters. The number of hydrogen-bond donors (Lipinski definition) is 0. The van der Waals surface area contributed by atoms with E-state index < -0.39 is 29.8 Å². The molecular weight excluding hydrogens is 516 g/mol. The van der Waals surface area contributed by atoms with Crippen LogP contribution in [-0.4, -0.2) is 52.5 Å². The van der Waals surface area contributed by atoms with Gasteiger partial charge in [-0.3, -0.25) is 14.5 Å². The zero-order valence-corrected chi connectivity index (χ0v) is 22.1. The molecule has 3 heterocycles. The molecule has 2 aromatic carbocycles. The van der Waals surface area contributed by atoms with Crippen molar-refractivity contribution in [1.82, 2.24) is 9.47 Å². The highest BCUT2D eigenvalue weighted by molar-refractivity contribution is 6.22. The fourth-order valence-electron chi connectivity index (χ4n) is 4.66. The van der Waals surface area contributed by atoms with Gasteiger partial charge in [-0.1, -0.05) is 56.3 Å². The van der Waals surface area contributed by atoms with Crippen molar-refractivity contribution in [3.8, 4) is 0 Å². The first-order chi connectivity index (χ1) is 19.4. The van der Waals surface area contributed by atoms with Gasteiger partial charge in [0.2, 0.25) is 0 Å². The molecule has 4 aromatic rings. The first kappa shape index (κ1) is 26.9. The van der Waals surface area contributed by atoms with E-state index in [-0.39, 0.29) is 49.3 Å². The zero-order chi connectivity index (χ0) is 28.2. The number of nitrogens with zero attached hydrogens (tertiary/aromatic N) is 2. The molecule has 0 fully saturated rings. The molecular formula is C30H28N2O8. The van der Waals surface area contributed by atoms with Crippen LogP contribution in [0.5, 0.6) is 0 Å². The molecule has 0 radical (unpaired) electrons. The lowest BCUT2D eigenvalue weighted by Gasteiger charge is -2.27. The molecule has 0 spiro atoms. The maximum absolute atomic E-state index is 13.0. The Morgan fingerprint density at radius 3 is 2.23 bits per heavy atom. The largest absolute Gasteiger partial charge is 0.463 e. The summed E-state index contributed by atoms with van der Waals surface area (Å²) in [7, 11) is 0. The van der Waals surface area contributed by atoms with E-state index in [0.29, 0.717) is 11.1 Å². The van der Waals surface area contributed by atoms with Gasteiger partial charge < -0.3 is 23.2 Å². The minimum atomic E-state index is -1.08. The maximum Gasteiger partial charge on any atom is 0.355 e. The molecule has 2 amide bonds. The number of benzene rings is 2. The van der Waals surface area contributed by atoms with Crippen LogP contribution in [0.1, 0.15) is 50.6 Å². The second kappa shape index (κ2) is 11.6. The van der Waals surface area contributed by atoms with E-state index in [1.165, 1.54) is 6.26 Å². The molecule has 1 aliphatic rings. The fourth-order valence-corrected chi connectivity index (χ4v) is 4.66. The van der Waals surface area contributed by atoms with Crippen LogP contribution in [0, 0.1) is 5.92 Å². The van der Waals surface area contributed by atoms with Crippen LogP contribution in [0.2, 0.25) is 0 Å². The molecule has 10 heteroatoms. The number of carbonyl (C=O) groups excluding carboxylic acids is 4. The molecule has 1 aliphatic heterocycles. The third kappa shape index (κ3) is 5.26. The minimum absolute atomic E-state index is 0.00863. The van der Waals surface area contributed by atoms with Gasteiger partial charge in [0.15, 0.2) is 5.58 Å². The molecule has 0 saturated carbocycles. The summed E-state index contributed by atoms with van der Waals surface area (Å²) < 4.78 is 23.6. The number of furan rings is 1. The van der Waals surface area contributed by atoms with Crippen LogP contribution in [0.15, 0.2) is 77.4 Å². The normalized spacial score (nSPS) is 13.6. The summed E-state index contributed by atoms with van der Waals surface area (Å²) in [6, 6.07) is 18.0. The Balaban J connectivity index is 1.17. The highest BCUT2D eigenvalue weighted by Crippen LogP contribution is 2.28. The van der Waals surface area contributed by atoms with Gasteiger partial charge in [0.1, 0.15) is 31.7 Å². The predicted octanol–water partition coefficient (Wildman–Crippen LogP) is 4.43. The van der Waals surface area contributed by atoms with Gasteiger partial charge in [-0.2, -0.15) is 0 Å². The highest BCUT2D eigenvalue weighted by atomic mass is 16.6. The first-order valence-corrected chi connectivity index (χ1v) is 12.9. The summed E-state index contributed by atoms with van der Waals surface area (Å²) in [5.74, 6) is -2.64. The van der Waals surface area contributed by atoms with Gasteiger partial charge in [0.05, 0.1) is 29.5 Å². The minimum Gasteiger partial charge on any atom is -0.463 e. The number of rotatable bonds is 11. The molecule has 10 nitrogen and oxygen atoms in total. The number of esters is 2. The molecule has 0 saturated heterocycles. The van der Waals surface area contributed by atoms with Gasteiger partial charge in [-0.05, 0) is 23.6 Å². The highest BCUT2D eigenvalue weighted by Gasteiger charge is 2.44. The summed E-state index contributed by atoms with van der Waals surface area (Å²) in [6.45, 7) is 3.47. The van der Waals surface area contributed by atoms with Crippen molar-refractivity contribution < 1.29 is 37.8 Å². The van der Waals surface area contributed by atoms with Crippen LogP contribution < -0.4 is 0 Å². The lowest BCUT2D eigenvalue weighted by molar-refractivity contribution is -0.151. The van der Waals surface area contributed by atoms with E-state index in [0.717, 1.165) is 10.5 Å². The number of hydrogen-bond acceptors (Lipinski definition) is 8. The zero-order valence-electron chi connectivity index (χ0n) is 22.1. The molecule has 1 atom stereocenters. The molecule has 5 rings (SSSR count). The third-order valence-electron chi connectivity index (χ3n) is 6.61. The quantitative estimate of drug-likeness (QED) is 0.155. The van der Waals surface area contributed by atoms with Gasteiger partial charge in [0, 0.05) is 12.1 Å². The fraction of sp³-hybridized carbons (Fsp3) is 0.267. The average molecular weight is 545 g/mol. The van der Waals surface area contributed by atoms with E-state index in [1.54, 1.807) is 54.8 Å². The number of aromatic nitrogens is 1. The molecule has 40 heavy (non-hydrogen) atoms. The van der Waals surface area contributed by atoms with Gasteiger partial charge in [0.25, 0.3) is 11.8 Å². The lowest BCUT2D eigenvalue weighted by Crippen LogP contribution is -2.48. The molecule has 2 aromatic heterocycles. The monoisotopic (exact) mass is 544 g/mol. The van der Waals surface area contributed by atoms with Gasteiger partial charge in [-0.25, -0.2) is 9.59 Å². The Morgan fingerprint density at radius 1 is 0.875 bits per heavy atom. The van der Waals surface area contributed by atoms with Crippen LogP contribution in [0.3, 0.4) is 0 Å².